The minimum Gasteiger partial charge on any atom is -0.354 e. The lowest BCUT2D eigenvalue weighted by atomic mass is 10.2. The van der Waals surface area contributed by atoms with E-state index >= 15 is 0 Å². The number of benzene rings is 1. The number of hydrogen-bond donors (Lipinski definition) is 1. The molecule has 1 aromatic carbocycles. The predicted molar refractivity (Wildman–Crippen MR) is 91.0 cm³/mol. The van der Waals surface area contributed by atoms with Gasteiger partial charge >= 0.3 is 0 Å². The SMILES string of the molecule is CCN(CC)C(=O)c1cncc(Nc2cc(Cl)ccc2C)c1. The van der Waals surface area contributed by atoms with Crippen LogP contribution in [0.25, 0.3) is 0 Å². The quantitative estimate of drug-likeness (QED) is 0.895. The van der Waals surface area contributed by atoms with Gasteiger partial charge in [-0.25, -0.2) is 0 Å². The molecule has 116 valence electrons. The van der Waals surface area contributed by atoms with Gasteiger partial charge in [-0.2, -0.15) is 0 Å². The first kappa shape index (κ1) is 16.3. The molecule has 0 radical (unpaired) electrons. The Labute approximate surface area is 136 Å². The zero-order valence-corrected chi connectivity index (χ0v) is 13.8. The van der Waals surface area contributed by atoms with E-state index in [0.29, 0.717) is 23.7 Å². The van der Waals surface area contributed by atoms with Crippen LogP contribution in [0.1, 0.15) is 29.8 Å². The van der Waals surface area contributed by atoms with Gasteiger partial charge in [-0.15, -0.1) is 0 Å². The van der Waals surface area contributed by atoms with E-state index in [1.54, 1.807) is 17.3 Å². The highest BCUT2D eigenvalue weighted by atomic mass is 35.5. The molecule has 5 heteroatoms. The molecule has 0 bridgehead atoms. The second-order valence-electron chi connectivity index (χ2n) is 5.02. The normalized spacial score (nSPS) is 10.4. The van der Waals surface area contributed by atoms with E-state index in [1.807, 2.05) is 45.0 Å². The summed E-state index contributed by atoms with van der Waals surface area (Å²) in [6, 6.07) is 7.47. The number of hydrogen-bond acceptors (Lipinski definition) is 3. The molecule has 2 rings (SSSR count). The van der Waals surface area contributed by atoms with Gasteiger partial charge < -0.3 is 10.2 Å². The van der Waals surface area contributed by atoms with Crippen molar-refractivity contribution in [3.05, 3.63) is 52.8 Å². The van der Waals surface area contributed by atoms with Crippen LogP contribution in [0, 0.1) is 6.92 Å². The highest BCUT2D eigenvalue weighted by Crippen LogP contribution is 2.24. The van der Waals surface area contributed by atoms with E-state index in [9.17, 15) is 4.79 Å². The zero-order chi connectivity index (χ0) is 16.1. The maximum Gasteiger partial charge on any atom is 0.255 e. The van der Waals surface area contributed by atoms with Crippen LogP contribution in [-0.4, -0.2) is 28.9 Å². The van der Waals surface area contributed by atoms with E-state index in [0.717, 1.165) is 16.9 Å². The van der Waals surface area contributed by atoms with Crippen molar-refractivity contribution in [2.75, 3.05) is 18.4 Å². The Hall–Kier alpha value is -2.07. The monoisotopic (exact) mass is 317 g/mol. The van der Waals surface area contributed by atoms with Crippen molar-refractivity contribution in [3.63, 3.8) is 0 Å². The molecule has 1 N–H and O–H groups in total. The molecule has 1 aromatic heterocycles. The van der Waals surface area contributed by atoms with Crippen molar-refractivity contribution < 1.29 is 4.79 Å². The number of pyridine rings is 1. The van der Waals surface area contributed by atoms with Crippen LogP contribution < -0.4 is 5.32 Å². The molecule has 4 nitrogen and oxygen atoms in total. The summed E-state index contributed by atoms with van der Waals surface area (Å²) in [5, 5.41) is 3.93. The molecule has 22 heavy (non-hydrogen) atoms. The molecule has 1 amide bonds. The summed E-state index contributed by atoms with van der Waals surface area (Å²) in [7, 11) is 0. The third-order valence-corrected chi connectivity index (χ3v) is 3.75. The number of amides is 1. The molecule has 0 unspecified atom stereocenters. The number of rotatable bonds is 5. The molecule has 0 saturated carbocycles. The molecule has 0 saturated heterocycles. The Morgan fingerprint density at radius 2 is 1.95 bits per heavy atom. The number of nitrogens with one attached hydrogen (secondary N) is 1. The summed E-state index contributed by atoms with van der Waals surface area (Å²) < 4.78 is 0. The number of carbonyl (C=O) groups excluding carboxylic acids is 1. The van der Waals surface area contributed by atoms with E-state index in [1.165, 1.54) is 0 Å². The molecule has 2 aromatic rings. The molecule has 0 fully saturated rings. The highest BCUT2D eigenvalue weighted by molar-refractivity contribution is 6.30. The van der Waals surface area contributed by atoms with Crippen molar-refractivity contribution in [1.82, 2.24) is 9.88 Å². The number of nitrogens with zero attached hydrogens (tertiary/aromatic N) is 2. The summed E-state index contributed by atoms with van der Waals surface area (Å²) in [6.45, 7) is 7.29. The van der Waals surface area contributed by atoms with Crippen LogP contribution in [0.15, 0.2) is 36.7 Å². The van der Waals surface area contributed by atoms with Crippen LogP contribution in [-0.2, 0) is 0 Å². The summed E-state index contributed by atoms with van der Waals surface area (Å²) in [5.74, 6) is -0.0102. The molecule has 0 aliphatic heterocycles. The van der Waals surface area contributed by atoms with Crippen molar-refractivity contribution in [3.8, 4) is 0 Å². The fraction of sp³-hybridized carbons (Fsp3) is 0.294. The van der Waals surface area contributed by atoms with Gasteiger partial charge in [0, 0.05) is 30.0 Å². The van der Waals surface area contributed by atoms with E-state index < -0.39 is 0 Å². The second kappa shape index (κ2) is 7.27. The lowest BCUT2D eigenvalue weighted by Gasteiger charge is -2.19. The van der Waals surface area contributed by atoms with Gasteiger partial charge in [-0.1, -0.05) is 17.7 Å². The maximum absolute atomic E-state index is 12.4. The zero-order valence-electron chi connectivity index (χ0n) is 13.1. The number of aryl methyl sites for hydroxylation is 1. The van der Waals surface area contributed by atoms with Gasteiger partial charge in [-0.05, 0) is 44.5 Å². The molecule has 1 heterocycles. The molecule has 0 atom stereocenters. The number of carbonyl (C=O) groups is 1. The summed E-state index contributed by atoms with van der Waals surface area (Å²) in [6.07, 6.45) is 3.29. The molecule has 0 aliphatic rings. The minimum atomic E-state index is -0.0102. The van der Waals surface area contributed by atoms with Crippen LogP contribution >= 0.6 is 11.6 Å². The lowest BCUT2D eigenvalue weighted by Crippen LogP contribution is -2.30. The Bertz CT molecular complexity index is 669. The first-order valence-electron chi connectivity index (χ1n) is 7.32. The Kier molecular flexibility index (Phi) is 5.39. The third-order valence-electron chi connectivity index (χ3n) is 3.51. The Morgan fingerprint density at radius 3 is 2.64 bits per heavy atom. The Balaban J connectivity index is 2.25. The van der Waals surface area contributed by atoms with Gasteiger partial charge in [-0.3, -0.25) is 9.78 Å². The largest absolute Gasteiger partial charge is 0.354 e. The standard InChI is InChI=1S/C17H20ClN3O/c1-4-21(5-2)17(22)13-8-15(11-19-10-13)20-16-9-14(18)7-6-12(16)3/h6-11,20H,4-5H2,1-3H3. The number of anilines is 2. The van der Waals surface area contributed by atoms with E-state index in [-0.39, 0.29) is 5.91 Å². The van der Waals surface area contributed by atoms with Crippen molar-refractivity contribution in [2.45, 2.75) is 20.8 Å². The van der Waals surface area contributed by atoms with Crippen molar-refractivity contribution >= 4 is 28.9 Å². The van der Waals surface area contributed by atoms with Crippen LogP contribution in [0.3, 0.4) is 0 Å². The van der Waals surface area contributed by atoms with Crippen LogP contribution in [0.2, 0.25) is 5.02 Å². The van der Waals surface area contributed by atoms with Gasteiger partial charge in [0.05, 0.1) is 17.4 Å². The first-order chi connectivity index (χ1) is 10.5. The second-order valence-corrected chi connectivity index (χ2v) is 5.46. The topological polar surface area (TPSA) is 45.2 Å². The van der Waals surface area contributed by atoms with Crippen LogP contribution in [0.4, 0.5) is 11.4 Å². The van der Waals surface area contributed by atoms with Gasteiger partial charge in [0.25, 0.3) is 5.91 Å². The van der Waals surface area contributed by atoms with Crippen molar-refractivity contribution in [1.29, 1.82) is 0 Å². The summed E-state index contributed by atoms with van der Waals surface area (Å²) in [4.78, 5) is 18.3. The minimum absolute atomic E-state index is 0.0102. The summed E-state index contributed by atoms with van der Waals surface area (Å²) >= 11 is 6.03. The highest BCUT2D eigenvalue weighted by Gasteiger charge is 2.13. The van der Waals surface area contributed by atoms with Gasteiger partial charge in [0.15, 0.2) is 0 Å². The van der Waals surface area contributed by atoms with Gasteiger partial charge in [0.1, 0.15) is 0 Å². The fourth-order valence-electron chi connectivity index (χ4n) is 2.20. The average Bonchev–Trinajstić information content (AvgIpc) is 2.52. The predicted octanol–water partition coefficient (Wildman–Crippen LogP) is 4.27. The Morgan fingerprint density at radius 1 is 1.23 bits per heavy atom. The summed E-state index contributed by atoms with van der Waals surface area (Å²) in [5.41, 5.74) is 3.32. The lowest BCUT2D eigenvalue weighted by molar-refractivity contribution is 0.0772. The maximum atomic E-state index is 12.4. The fourth-order valence-corrected chi connectivity index (χ4v) is 2.38. The molecule has 0 spiro atoms. The first-order valence-corrected chi connectivity index (χ1v) is 7.70. The van der Waals surface area contributed by atoms with E-state index in [2.05, 4.69) is 10.3 Å². The molecular weight excluding hydrogens is 298 g/mol. The number of halogens is 1. The van der Waals surface area contributed by atoms with Crippen LogP contribution in [0.5, 0.6) is 0 Å². The number of aromatic nitrogens is 1. The smallest absolute Gasteiger partial charge is 0.255 e. The average molecular weight is 318 g/mol. The van der Waals surface area contributed by atoms with Gasteiger partial charge in [0.2, 0.25) is 0 Å². The molecule has 0 aliphatic carbocycles. The van der Waals surface area contributed by atoms with E-state index in [4.69, 9.17) is 11.6 Å². The molecular formula is C17H20ClN3O. The van der Waals surface area contributed by atoms with Crippen molar-refractivity contribution in [2.24, 2.45) is 0 Å². The third kappa shape index (κ3) is 3.77.